The first kappa shape index (κ1) is 25.9. The zero-order valence-electron chi connectivity index (χ0n) is 19.5. The van der Waals surface area contributed by atoms with E-state index in [0.29, 0.717) is 11.1 Å². The summed E-state index contributed by atoms with van der Waals surface area (Å²) in [4.78, 5) is 10.3. The van der Waals surface area contributed by atoms with Gasteiger partial charge in [-0.1, -0.05) is 89.2 Å². The van der Waals surface area contributed by atoms with Crippen molar-refractivity contribution in [3.05, 3.63) is 65.1 Å². The maximum absolute atomic E-state index is 5.78. The van der Waals surface area contributed by atoms with E-state index in [-0.39, 0.29) is 0 Å². The summed E-state index contributed by atoms with van der Waals surface area (Å²) in [5.41, 5.74) is 3.98. The summed E-state index contributed by atoms with van der Waals surface area (Å²) in [5.74, 6) is 2.31. The summed E-state index contributed by atoms with van der Waals surface area (Å²) >= 11 is 5.78. The van der Waals surface area contributed by atoms with Crippen LogP contribution in [0.25, 0.3) is 12.2 Å². The zero-order chi connectivity index (χ0) is 22.5. The Labute approximate surface area is 188 Å². The van der Waals surface area contributed by atoms with E-state index in [9.17, 15) is 0 Å². The van der Waals surface area contributed by atoms with E-state index >= 15 is 0 Å². The van der Waals surface area contributed by atoms with E-state index in [1.807, 2.05) is 26.0 Å². The number of benzene rings is 1. The highest BCUT2D eigenvalue weighted by atomic mass is 35.5. The highest BCUT2D eigenvalue weighted by Crippen LogP contribution is 2.27. The molecule has 2 atom stereocenters. The van der Waals surface area contributed by atoms with Gasteiger partial charge in [-0.3, -0.25) is 0 Å². The lowest BCUT2D eigenvalue weighted by Crippen LogP contribution is -2.20. The SMILES string of the molecule is C=Cc1cccc([C@@H](C)CC)c1/C=C\C.CC.C[C@H]1CCN(c2cc(Cl)ncn2)C1. The largest absolute Gasteiger partial charge is 0.356 e. The van der Waals surface area contributed by atoms with Gasteiger partial charge in [0.1, 0.15) is 17.3 Å². The topological polar surface area (TPSA) is 29.0 Å². The molecule has 1 aliphatic rings. The van der Waals surface area contributed by atoms with Crippen molar-refractivity contribution in [3.63, 3.8) is 0 Å². The summed E-state index contributed by atoms with van der Waals surface area (Å²) in [6.07, 6.45) is 10.1. The fourth-order valence-electron chi connectivity index (χ4n) is 3.43. The van der Waals surface area contributed by atoms with Gasteiger partial charge in [0.25, 0.3) is 0 Å². The highest BCUT2D eigenvalue weighted by molar-refractivity contribution is 6.29. The first-order valence-electron chi connectivity index (χ1n) is 11.1. The minimum Gasteiger partial charge on any atom is -0.356 e. The number of aromatic nitrogens is 2. The second-order valence-corrected chi connectivity index (χ2v) is 7.79. The van der Waals surface area contributed by atoms with Crippen molar-refractivity contribution in [1.29, 1.82) is 0 Å². The van der Waals surface area contributed by atoms with Crippen molar-refractivity contribution in [2.75, 3.05) is 18.0 Å². The molecule has 0 radical (unpaired) electrons. The van der Waals surface area contributed by atoms with Crippen molar-refractivity contribution < 1.29 is 0 Å². The molecule has 30 heavy (non-hydrogen) atoms. The Kier molecular flexibility index (Phi) is 12.1. The molecule has 4 heteroatoms. The maximum Gasteiger partial charge on any atom is 0.134 e. The quantitative estimate of drug-likeness (QED) is 0.454. The predicted molar refractivity (Wildman–Crippen MR) is 134 cm³/mol. The Morgan fingerprint density at radius 2 is 2.03 bits per heavy atom. The van der Waals surface area contributed by atoms with Crippen molar-refractivity contribution >= 4 is 29.6 Å². The van der Waals surface area contributed by atoms with Crippen LogP contribution in [-0.2, 0) is 0 Å². The normalized spacial score (nSPS) is 16.4. The smallest absolute Gasteiger partial charge is 0.134 e. The Bertz CT molecular complexity index is 801. The molecular weight excluding hydrogens is 390 g/mol. The lowest BCUT2D eigenvalue weighted by Gasteiger charge is -2.16. The first-order chi connectivity index (χ1) is 14.5. The number of hydrogen-bond acceptors (Lipinski definition) is 3. The lowest BCUT2D eigenvalue weighted by atomic mass is 9.90. The van der Waals surface area contributed by atoms with Crippen LogP contribution in [0.1, 0.15) is 77.0 Å². The molecule has 0 spiro atoms. The van der Waals surface area contributed by atoms with Crippen LogP contribution in [0.15, 0.2) is 43.2 Å². The molecule has 0 N–H and O–H groups in total. The molecule has 3 rings (SSSR count). The third-order valence-electron chi connectivity index (χ3n) is 5.24. The van der Waals surface area contributed by atoms with Gasteiger partial charge in [0, 0.05) is 19.2 Å². The van der Waals surface area contributed by atoms with Gasteiger partial charge >= 0.3 is 0 Å². The summed E-state index contributed by atoms with van der Waals surface area (Å²) in [5, 5.41) is 0.518. The van der Waals surface area contributed by atoms with Crippen molar-refractivity contribution in [1.82, 2.24) is 9.97 Å². The van der Waals surface area contributed by atoms with Gasteiger partial charge in [0.2, 0.25) is 0 Å². The molecule has 164 valence electrons. The summed E-state index contributed by atoms with van der Waals surface area (Å²) in [6.45, 7) is 18.8. The van der Waals surface area contributed by atoms with E-state index in [2.05, 4.69) is 79.5 Å². The van der Waals surface area contributed by atoms with Gasteiger partial charge in [0.05, 0.1) is 0 Å². The Balaban J connectivity index is 0.000000279. The van der Waals surface area contributed by atoms with Crippen LogP contribution in [0, 0.1) is 5.92 Å². The van der Waals surface area contributed by atoms with Gasteiger partial charge in [-0.2, -0.15) is 0 Å². The molecule has 1 fully saturated rings. The van der Waals surface area contributed by atoms with E-state index in [4.69, 9.17) is 11.6 Å². The molecule has 0 saturated carbocycles. The van der Waals surface area contributed by atoms with Gasteiger partial charge in [0.15, 0.2) is 0 Å². The monoisotopic (exact) mass is 427 g/mol. The lowest BCUT2D eigenvalue weighted by molar-refractivity contribution is 0.659. The van der Waals surface area contributed by atoms with Gasteiger partial charge < -0.3 is 4.90 Å². The molecule has 1 saturated heterocycles. The second kappa shape index (κ2) is 14.0. The predicted octanol–water partition coefficient (Wildman–Crippen LogP) is 7.88. The van der Waals surface area contributed by atoms with Crippen LogP contribution in [-0.4, -0.2) is 23.1 Å². The van der Waals surface area contributed by atoms with Crippen LogP contribution in [0.5, 0.6) is 0 Å². The van der Waals surface area contributed by atoms with E-state index in [1.54, 1.807) is 0 Å². The molecule has 3 nitrogen and oxygen atoms in total. The van der Waals surface area contributed by atoms with Crippen LogP contribution in [0.3, 0.4) is 0 Å². The third kappa shape index (κ3) is 7.60. The average molecular weight is 428 g/mol. The molecule has 1 aromatic heterocycles. The van der Waals surface area contributed by atoms with Crippen molar-refractivity contribution in [2.24, 2.45) is 5.92 Å². The Morgan fingerprint density at radius 3 is 2.57 bits per heavy atom. The fourth-order valence-corrected chi connectivity index (χ4v) is 3.57. The molecule has 0 bridgehead atoms. The molecule has 2 heterocycles. The van der Waals surface area contributed by atoms with Crippen LogP contribution >= 0.6 is 11.6 Å². The minimum atomic E-state index is 0.518. The fraction of sp³-hybridized carbons (Fsp3) is 0.462. The van der Waals surface area contributed by atoms with Crippen LogP contribution in [0.4, 0.5) is 5.82 Å². The standard InChI is InChI=1S/C15H20.C9H12ClN3.C2H6/c1-5-9-15-13(7-3)10-8-11-14(15)12(4)6-2;1-7-2-3-13(5-7)9-4-8(10)11-6-12-9;1-2/h5,7-12H,3,6H2,1-2,4H3;4,6-7H,2-3,5H2,1H3;1-2H3/b9-5-;;/t12-;7-;/m00./s1. The van der Waals surface area contributed by atoms with E-state index < -0.39 is 0 Å². The van der Waals surface area contributed by atoms with Gasteiger partial charge in [-0.25, -0.2) is 9.97 Å². The third-order valence-corrected chi connectivity index (χ3v) is 5.44. The molecule has 1 aromatic carbocycles. The Morgan fingerprint density at radius 1 is 1.30 bits per heavy atom. The highest BCUT2D eigenvalue weighted by Gasteiger charge is 2.19. The molecular formula is C26H38ClN3. The summed E-state index contributed by atoms with van der Waals surface area (Å²) in [6, 6.07) is 8.27. The molecule has 0 amide bonds. The molecule has 0 aliphatic carbocycles. The molecule has 1 aliphatic heterocycles. The second-order valence-electron chi connectivity index (χ2n) is 7.40. The maximum atomic E-state index is 5.78. The van der Waals surface area contributed by atoms with E-state index in [0.717, 1.165) is 24.8 Å². The van der Waals surface area contributed by atoms with Crippen molar-refractivity contribution in [3.8, 4) is 0 Å². The van der Waals surface area contributed by atoms with Crippen molar-refractivity contribution in [2.45, 2.75) is 60.3 Å². The van der Waals surface area contributed by atoms with Crippen LogP contribution < -0.4 is 4.90 Å². The van der Waals surface area contributed by atoms with Crippen LogP contribution in [0.2, 0.25) is 5.15 Å². The number of anilines is 1. The van der Waals surface area contributed by atoms with Gasteiger partial charge in [-0.15, -0.1) is 0 Å². The average Bonchev–Trinajstić information content (AvgIpc) is 3.22. The number of rotatable bonds is 5. The van der Waals surface area contributed by atoms with E-state index in [1.165, 1.54) is 35.9 Å². The van der Waals surface area contributed by atoms with Gasteiger partial charge in [-0.05, 0) is 48.3 Å². The zero-order valence-corrected chi connectivity index (χ0v) is 20.3. The molecule has 2 aromatic rings. The summed E-state index contributed by atoms with van der Waals surface area (Å²) in [7, 11) is 0. The summed E-state index contributed by atoms with van der Waals surface area (Å²) < 4.78 is 0. The number of allylic oxidation sites excluding steroid dienone is 1. The number of halogens is 1. The Hall–Kier alpha value is -2.13. The number of hydrogen-bond donors (Lipinski definition) is 0. The first-order valence-corrected chi connectivity index (χ1v) is 11.5. The molecule has 0 unspecified atom stereocenters. The number of nitrogens with zero attached hydrogens (tertiary/aromatic N) is 3. The minimum absolute atomic E-state index is 0.518.